The molecule has 0 aliphatic heterocycles. The first-order valence-electron chi connectivity index (χ1n) is 6.88. The van der Waals surface area contributed by atoms with Crippen LogP contribution in [0.2, 0.25) is 0 Å². The fraction of sp³-hybridized carbons (Fsp3) is 0.267. The average Bonchev–Trinajstić information content (AvgIpc) is 2.41. The van der Waals surface area contributed by atoms with Crippen molar-refractivity contribution < 1.29 is 9.18 Å². The van der Waals surface area contributed by atoms with Gasteiger partial charge in [-0.05, 0) is 37.1 Å². The van der Waals surface area contributed by atoms with Gasteiger partial charge in [0.05, 0.1) is 5.69 Å². The molecule has 108 valence electrons. The molecule has 0 radical (unpaired) electrons. The number of benzene rings is 1. The van der Waals surface area contributed by atoms with E-state index in [0.29, 0.717) is 17.3 Å². The summed E-state index contributed by atoms with van der Waals surface area (Å²) in [5.41, 5.74) is 0.332. The van der Waals surface area contributed by atoms with Crippen molar-refractivity contribution in [1.82, 2.24) is 10.2 Å². The molecule has 1 aromatic heterocycles. The van der Waals surface area contributed by atoms with Crippen LogP contribution in [0, 0.1) is 11.7 Å². The van der Waals surface area contributed by atoms with Crippen molar-refractivity contribution in [2.24, 2.45) is 5.92 Å². The molecule has 1 fully saturated rings. The van der Waals surface area contributed by atoms with Gasteiger partial charge in [0.15, 0.2) is 11.6 Å². The Kier molecular flexibility index (Phi) is 3.77. The Morgan fingerprint density at radius 1 is 1.10 bits per heavy atom. The first kappa shape index (κ1) is 13.5. The Bertz CT molecular complexity index is 640. The summed E-state index contributed by atoms with van der Waals surface area (Å²) in [4.78, 5) is 11.8. The molecule has 2 N–H and O–H groups in total. The fourth-order valence-electron chi connectivity index (χ4n) is 2.06. The highest BCUT2D eigenvalue weighted by Gasteiger charge is 2.25. The first-order chi connectivity index (χ1) is 10.2. The van der Waals surface area contributed by atoms with Crippen LogP contribution in [0.15, 0.2) is 36.4 Å². The lowest BCUT2D eigenvalue weighted by molar-refractivity contribution is -0.122. The van der Waals surface area contributed by atoms with E-state index in [0.717, 1.165) is 19.3 Å². The van der Waals surface area contributed by atoms with Gasteiger partial charge in [-0.1, -0.05) is 18.6 Å². The molecule has 2 aromatic rings. The van der Waals surface area contributed by atoms with Crippen LogP contribution in [-0.2, 0) is 4.79 Å². The Labute approximate surface area is 121 Å². The summed E-state index contributed by atoms with van der Waals surface area (Å²) in [6.07, 6.45) is 2.98. The van der Waals surface area contributed by atoms with Crippen LogP contribution in [0.25, 0.3) is 0 Å². The van der Waals surface area contributed by atoms with Gasteiger partial charge < -0.3 is 10.6 Å². The van der Waals surface area contributed by atoms with Gasteiger partial charge in [-0.15, -0.1) is 10.2 Å². The maximum Gasteiger partial charge on any atom is 0.228 e. The molecule has 5 nitrogen and oxygen atoms in total. The van der Waals surface area contributed by atoms with Crippen molar-refractivity contribution in [1.29, 1.82) is 0 Å². The lowest BCUT2D eigenvalue weighted by atomic mass is 9.85. The number of rotatable bonds is 4. The van der Waals surface area contributed by atoms with Crippen LogP contribution < -0.4 is 10.6 Å². The van der Waals surface area contributed by atoms with Crippen molar-refractivity contribution >= 4 is 23.2 Å². The van der Waals surface area contributed by atoms with Gasteiger partial charge in [0.25, 0.3) is 0 Å². The third-order valence-electron chi connectivity index (χ3n) is 3.53. The van der Waals surface area contributed by atoms with Crippen molar-refractivity contribution in [2.75, 3.05) is 10.6 Å². The van der Waals surface area contributed by atoms with Crippen molar-refractivity contribution in [3.8, 4) is 0 Å². The van der Waals surface area contributed by atoms with Crippen LogP contribution in [0.1, 0.15) is 19.3 Å². The zero-order valence-electron chi connectivity index (χ0n) is 11.3. The number of carbonyl (C=O) groups excluding carboxylic acids is 1. The molecule has 1 aliphatic rings. The lowest BCUT2D eigenvalue weighted by Gasteiger charge is -2.23. The van der Waals surface area contributed by atoms with Crippen LogP contribution in [0.5, 0.6) is 0 Å². The summed E-state index contributed by atoms with van der Waals surface area (Å²) in [5.74, 6) is 0.558. The molecule has 0 spiro atoms. The summed E-state index contributed by atoms with van der Waals surface area (Å²) in [6.45, 7) is 0. The summed E-state index contributed by atoms with van der Waals surface area (Å²) in [6, 6.07) is 9.62. The highest BCUT2D eigenvalue weighted by molar-refractivity contribution is 5.92. The Morgan fingerprint density at radius 3 is 2.43 bits per heavy atom. The second-order valence-electron chi connectivity index (χ2n) is 5.03. The van der Waals surface area contributed by atoms with Crippen LogP contribution in [0.4, 0.5) is 21.7 Å². The quantitative estimate of drug-likeness (QED) is 0.906. The van der Waals surface area contributed by atoms with E-state index < -0.39 is 0 Å². The third-order valence-corrected chi connectivity index (χ3v) is 3.53. The molecule has 21 heavy (non-hydrogen) atoms. The monoisotopic (exact) mass is 286 g/mol. The normalized spacial score (nSPS) is 14.3. The zero-order chi connectivity index (χ0) is 14.7. The van der Waals surface area contributed by atoms with Crippen LogP contribution in [0.3, 0.4) is 0 Å². The van der Waals surface area contributed by atoms with Gasteiger partial charge >= 0.3 is 0 Å². The van der Waals surface area contributed by atoms with E-state index in [1.54, 1.807) is 30.3 Å². The van der Waals surface area contributed by atoms with Crippen molar-refractivity contribution in [2.45, 2.75) is 19.3 Å². The molecule has 0 saturated heterocycles. The Morgan fingerprint density at radius 2 is 1.81 bits per heavy atom. The highest BCUT2D eigenvalue weighted by atomic mass is 19.1. The van der Waals surface area contributed by atoms with E-state index in [1.165, 1.54) is 6.07 Å². The molecule has 3 rings (SSSR count). The maximum atomic E-state index is 13.5. The smallest absolute Gasteiger partial charge is 0.228 e. The second-order valence-corrected chi connectivity index (χ2v) is 5.03. The number of carbonyl (C=O) groups is 1. The van der Waals surface area contributed by atoms with E-state index in [2.05, 4.69) is 20.8 Å². The maximum absolute atomic E-state index is 13.5. The van der Waals surface area contributed by atoms with Gasteiger partial charge in [0.1, 0.15) is 5.82 Å². The molecule has 1 amide bonds. The number of nitrogens with one attached hydrogen (secondary N) is 2. The first-order valence-corrected chi connectivity index (χ1v) is 6.88. The number of hydrogen-bond acceptors (Lipinski definition) is 4. The summed E-state index contributed by atoms with van der Waals surface area (Å²) in [5, 5.41) is 13.4. The fourth-order valence-corrected chi connectivity index (χ4v) is 2.06. The van der Waals surface area contributed by atoms with E-state index in [9.17, 15) is 9.18 Å². The molecule has 0 unspecified atom stereocenters. The number of aromatic nitrogens is 2. The van der Waals surface area contributed by atoms with E-state index >= 15 is 0 Å². The highest BCUT2D eigenvalue weighted by Crippen LogP contribution is 2.27. The number of anilines is 3. The molecule has 0 atom stereocenters. The summed E-state index contributed by atoms with van der Waals surface area (Å²) < 4.78 is 13.5. The largest absolute Gasteiger partial charge is 0.336 e. The summed E-state index contributed by atoms with van der Waals surface area (Å²) >= 11 is 0. The topological polar surface area (TPSA) is 66.9 Å². The standard InChI is InChI=1S/C15H15FN4O/c16-11-6-1-2-7-12(11)17-13-8-9-14(20-19-13)18-15(21)10-4-3-5-10/h1-2,6-10H,3-5H2,(H,17,19)(H,18,20,21). The van der Waals surface area contributed by atoms with Crippen LogP contribution >= 0.6 is 0 Å². The molecular weight excluding hydrogens is 271 g/mol. The van der Waals surface area contributed by atoms with Gasteiger partial charge in [-0.25, -0.2) is 4.39 Å². The van der Waals surface area contributed by atoms with Crippen LogP contribution in [-0.4, -0.2) is 16.1 Å². The SMILES string of the molecule is O=C(Nc1ccc(Nc2ccccc2F)nn1)C1CCC1. The number of nitrogens with zero attached hydrogens (tertiary/aromatic N) is 2. The number of halogens is 1. The van der Waals surface area contributed by atoms with Gasteiger partial charge in [-0.3, -0.25) is 4.79 Å². The Hall–Kier alpha value is -2.50. The molecule has 1 saturated carbocycles. The lowest BCUT2D eigenvalue weighted by Crippen LogP contribution is -2.28. The molecule has 6 heteroatoms. The van der Waals surface area contributed by atoms with Crippen molar-refractivity contribution in [3.05, 3.63) is 42.2 Å². The molecular formula is C15H15FN4O. The zero-order valence-corrected chi connectivity index (χ0v) is 11.3. The molecule has 0 bridgehead atoms. The van der Waals surface area contributed by atoms with Gasteiger partial charge in [0.2, 0.25) is 5.91 Å². The summed E-state index contributed by atoms with van der Waals surface area (Å²) in [7, 11) is 0. The second kappa shape index (κ2) is 5.87. The van der Waals surface area contributed by atoms with Crippen molar-refractivity contribution in [3.63, 3.8) is 0 Å². The molecule has 1 aliphatic carbocycles. The number of hydrogen-bond donors (Lipinski definition) is 2. The van der Waals surface area contributed by atoms with E-state index in [-0.39, 0.29) is 17.6 Å². The number of para-hydroxylation sites is 1. The minimum Gasteiger partial charge on any atom is -0.336 e. The minimum absolute atomic E-state index is 0.00892. The predicted molar refractivity (Wildman–Crippen MR) is 77.7 cm³/mol. The van der Waals surface area contributed by atoms with Gasteiger partial charge in [0, 0.05) is 5.92 Å². The average molecular weight is 286 g/mol. The minimum atomic E-state index is -0.360. The third kappa shape index (κ3) is 3.16. The van der Waals surface area contributed by atoms with E-state index in [1.807, 2.05) is 0 Å². The molecule has 1 aromatic carbocycles. The number of amides is 1. The Balaban J connectivity index is 1.64. The molecule has 1 heterocycles. The van der Waals surface area contributed by atoms with Gasteiger partial charge in [-0.2, -0.15) is 0 Å². The predicted octanol–water partition coefficient (Wildman–Crippen LogP) is 3.10. The van der Waals surface area contributed by atoms with E-state index in [4.69, 9.17) is 0 Å².